The maximum Gasteiger partial charge on any atom is 0.404 e. The molecule has 0 aliphatic carbocycles. The highest BCUT2D eigenvalue weighted by atomic mass is 32.2. The molecule has 1 amide bonds. The van der Waals surface area contributed by atoms with E-state index in [1.807, 2.05) is 13.8 Å². The molecule has 0 heterocycles. The van der Waals surface area contributed by atoms with Crippen LogP contribution in [-0.2, 0) is 14.3 Å². The standard InChI is InChI=1S/C13H19NO5S/c1-10-3-5-12(6-4-10)20(17,18)19-8-7-11(2)9-14-13(15)16/h3-6,11,14H,7-9H2,1-2H3,(H,15,16). The molecular weight excluding hydrogens is 282 g/mol. The zero-order valence-electron chi connectivity index (χ0n) is 11.5. The summed E-state index contributed by atoms with van der Waals surface area (Å²) in [5, 5.41) is 10.7. The van der Waals surface area contributed by atoms with E-state index in [1.165, 1.54) is 12.1 Å². The van der Waals surface area contributed by atoms with Crippen molar-refractivity contribution in [3.8, 4) is 0 Å². The van der Waals surface area contributed by atoms with Crippen molar-refractivity contribution >= 4 is 16.2 Å². The van der Waals surface area contributed by atoms with Gasteiger partial charge < -0.3 is 10.4 Å². The lowest BCUT2D eigenvalue weighted by Crippen LogP contribution is -2.27. The van der Waals surface area contributed by atoms with Crippen LogP contribution in [0.5, 0.6) is 0 Å². The maximum atomic E-state index is 11.9. The molecule has 0 aromatic heterocycles. The predicted molar refractivity (Wildman–Crippen MR) is 74.1 cm³/mol. The predicted octanol–water partition coefficient (Wildman–Crippen LogP) is 1.99. The molecule has 0 fully saturated rings. The maximum absolute atomic E-state index is 11.9. The van der Waals surface area contributed by atoms with Crippen molar-refractivity contribution in [1.82, 2.24) is 5.32 Å². The summed E-state index contributed by atoms with van der Waals surface area (Å²) in [5.74, 6) is -0.000632. The fourth-order valence-corrected chi connectivity index (χ4v) is 2.42. The van der Waals surface area contributed by atoms with Crippen molar-refractivity contribution < 1.29 is 22.5 Å². The molecule has 0 saturated heterocycles. The van der Waals surface area contributed by atoms with Crippen LogP contribution >= 0.6 is 0 Å². The van der Waals surface area contributed by atoms with Gasteiger partial charge in [-0.05, 0) is 31.4 Å². The molecule has 0 aliphatic rings. The Labute approximate surface area is 118 Å². The van der Waals surface area contributed by atoms with Gasteiger partial charge in [-0.1, -0.05) is 24.6 Å². The Bertz CT molecular complexity index is 538. The van der Waals surface area contributed by atoms with Crippen molar-refractivity contribution in [2.75, 3.05) is 13.2 Å². The lowest BCUT2D eigenvalue weighted by Gasteiger charge is -2.11. The lowest BCUT2D eigenvalue weighted by molar-refractivity contribution is 0.191. The Kier molecular flexibility index (Phi) is 5.97. The lowest BCUT2D eigenvalue weighted by atomic mass is 10.1. The summed E-state index contributed by atoms with van der Waals surface area (Å²) >= 11 is 0. The minimum atomic E-state index is -3.74. The van der Waals surface area contributed by atoms with E-state index in [-0.39, 0.29) is 24.0 Å². The van der Waals surface area contributed by atoms with E-state index in [2.05, 4.69) is 5.32 Å². The normalized spacial score (nSPS) is 12.9. The first-order valence-corrected chi connectivity index (χ1v) is 7.65. The quantitative estimate of drug-likeness (QED) is 0.751. The van der Waals surface area contributed by atoms with Crippen LogP contribution in [0.15, 0.2) is 29.2 Å². The van der Waals surface area contributed by atoms with Crippen LogP contribution in [0.25, 0.3) is 0 Å². The highest BCUT2D eigenvalue weighted by molar-refractivity contribution is 7.86. The van der Waals surface area contributed by atoms with Crippen molar-refractivity contribution in [2.24, 2.45) is 5.92 Å². The zero-order chi connectivity index (χ0) is 15.2. The smallest absolute Gasteiger partial charge is 0.404 e. The van der Waals surface area contributed by atoms with Crippen molar-refractivity contribution in [2.45, 2.75) is 25.2 Å². The third kappa shape index (κ3) is 5.58. The Morgan fingerprint density at radius 1 is 1.35 bits per heavy atom. The topological polar surface area (TPSA) is 92.7 Å². The minimum Gasteiger partial charge on any atom is -0.465 e. The van der Waals surface area contributed by atoms with Gasteiger partial charge in [0, 0.05) is 6.54 Å². The molecule has 0 spiro atoms. The second kappa shape index (κ2) is 7.25. The molecule has 1 unspecified atom stereocenters. The molecule has 1 aromatic carbocycles. The van der Waals surface area contributed by atoms with Gasteiger partial charge in [0.15, 0.2) is 0 Å². The summed E-state index contributed by atoms with van der Waals surface area (Å²) in [7, 11) is -3.74. The van der Waals surface area contributed by atoms with E-state index in [1.54, 1.807) is 12.1 Å². The molecule has 7 heteroatoms. The van der Waals surface area contributed by atoms with Gasteiger partial charge in [-0.3, -0.25) is 4.18 Å². The van der Waals surface area contributed by atoms with Gasteiger partial charge in [0.1, 0.15) is 0 Å². The third-order valence-electron chi connectivity index (χ3n) is 2.76. The number of benzene rings is 1. The fourth-order valence-electron chi connectivity index (χ4n) is 1.50. The van der Waals surface area contributed by atoms with Gasteiger partial charge in [-0.25, -0.2) is 4.79 Å². The molecular formula is C13H19NO5S. The first-order valence-electron chi connectivity index (χ1n) is 6.24. The summed E-state index contributed by atoms with van der Waals surface area (Å²) in [6, 6.07) is 6.41. The number of carboxylic acid groups (broad SMARTS) is 1. The van der Waals surface area contributed by atoms with Gasteiger partial charge >= 0.3 is 6.09 Å². The summed E-state index contributed by atoms with van der Waals surface area (Å²) in [6.45, 7) is 3.98. The van der Waals surface area contributed by atoms with Crippen LogP contribution in [0.3, 0.4) is 0 Å². The van der Waals surface area contributed by atoms with Gasteiger partial charge in [0.2, 0.25) is 0 Å². The molecule has 1 rings (SSSR count). The molecule has 0 radical (unpaired) electrons. The number of carbonyl (C=O) groups is 1. The SMILES string of the molecule is Cc1ccc(S(=O)(=O)OCCC(C)CNC(=O)O)cc1. The molecule has 0 bridgehead atoms. The Morgan fingerprint density at radius 2 is 1.95 bits per heavy atom. The largest absolute Gasteiger partial charge is 0.465 e. The summed E-state index contributed by atoms with van der Waals surface area (Å²) in [6.07, 6.45) is -0.643. The number of hydrogen-bond acceptors (Lipinski definition) is 4. The Morgan fingerprint density at radius 3 is 2.50 bits per heavy atom. The van der Waals surface area contributed by atoms with Crippen molar-refractivity contribution in [1.29, 1.82) is 0 Å². The zero-order valence-corrected chi connectivity index (χ0v) is 12.3. The van der Waals surface area contributed by atoms with Gasteiger partial charge in [-0.2, -0.15) is 8.42 Å². The molecule has 0 aliphatic heterocycles. The second-order valence-corrected chi connectivity index (χ2v) is 6.28. The molecule has 6 nitrogen and oxygen atoms in total. The monoisotopic (exact) mass is 301 g/mol. The van der Waals surface area contributed by atoms with Crippen molar-refractivity contribution in [3.05, 3.63) is 29.8 Å². The third-order valence-corrected chi connectivity index (χ3v) is 4.09. The highest BCUT2D eigenvalue weighted by Crippen LogP contribution is 2.14. The van der Waals surface area contributed by atoms with Crippen LogP contribution in [-0.4, -0.2) is 32.8 Å². The van der Waals surface area contributed by atoms with Crippen molar-refractivity contribution in [3.63, 3.8) is 0 Å². The van der Waals surface area contributed by atoms with Gasteiger partial charge in [0.25, 0.3) is 10.1 Å². The van der Waals surface area contributed by atoms with E-state index >= 15 is 0 Å². The fraction of sp³-hybridized carbons (Fsp3) is 0.462. The van der Waals surface area contributed by atoms with E-state index < -0.39 is 16.2 Å². The van der Waals surface area contributed by atoms with Crippen LogP contribution in [0, 0.1) is 12.8 Å². The summed E-state index contributed by atoms with van der Waals surface area (Å²) in [5.41, 5.74) is 0.970. The van der Waals surface area contributed by atoms with Crippen LogP contribution in [0.2, 0.25) is 0 Å². The van der Waals surface area contributed by atoms with Gasteiger partial charge in [-0.15, -0.1) is 0 Å². The molecule has 1 aromatic rings. The number of aryl methyl sites for hydroxylation is 1. The highest BCUT2D eigenvalue weighted by Gasteiger charge is 2.15. The Hall–Kier alpha value is -1.60. The molecule has 0 saturated carbocycles. The molecule has 20 heavy (non-hydrogen) atoms. The number of hydrogen-bond donors (Lipinski definition) is 2. The molecule has 112 valence electrons. The summed E-state index contributed by atoms with van der Waals surface area (Å²) < 4.78 is 28.6. The van der Waals surface area contributed by atoms with Crippen LogP contribution in [0.4, 0.5) is 4.79 Å². The van der Waals surface area contributed by atoms with E-state index in [9.17, 15) is 13.2 Å². The number of amides is 1. The number of rotatable bonds is 7. The average molecular weight is 301 g/mol. The van der Waals surface area contributed by atoms with E-state index in [0.717, 1.165) is 5.56 Å². The van der Waals surface area contributed by atoms with Gasteiger partial charge in [0.05, 0.1) is 11.5 Å². The average Bonchev–Trinajstić information content (AvgIpc) is 2.36. The van der Waals surface area contributed by atoms with Crippen LogP contribution < -0.4 is 5.32 Å². The minimum absolute atomic E-state index is 0.000632. The van der Waals surface area contributed by atoms with E-state index in [4.69, 9.17) is 9.29 Å². The van der Waals surface area contributed by atoms with Crippen LogP contribution in [0.1, 0.15) is 18.9 Å². The molecule has 2 N–H and O–H groups in total. The van der Waals surface area contributed by atoms with E-state index in [0.29, 0.717) is 6.42 Å². The number of nitrogens with one attached hydrogen (secondary N) is 1. The molecule has 1 atom stereocenters. The first-order chi connectivity index (χ1) is 9.31. The summed E-state index contributed by atoms with van der Waals surface area (Å²) in [4.78, 5) is 10.4. The second-order valence-electron chi connectivity index (χ2n) is 4.67. The first kappa shape index (κ1) is 16.5. The Balaban J connectivity index is 2.44.